The summed E-state index contributed by atoms with van der Waals surface area (Å²) in [6.45, 7) is 4.30. The standard InChI is InChI=1S/C37H73NO3/c1-3-5-7-9-11-13-15-17-19-20-22-24-26-28-30-32-36(40)35(34-39)38-37(41)33-31-29-27-25-23-21-18-16-14-12-10-8-6-4-2/h30,32,35-36,39-40H,3-29,31,33-34H2,1-2H3,(H,38,41)/b32-30+/t35-,36+/m0/s1. The lowest BCUT2D eigenvalue weighted by Gasteiger charge is -2.20. The normalized spacial score (nSPS) is 13.2. The van der Waals surface area contributed by atoms with Gasteiger partial charge in [-0.25, -0.2) is 0 Å². The van der Waals surface area contributed by atoms with E-state index in [1.165, 1.54) is 154 Å². The van der Waals surface area contributed by atoms with E-state index < -0.39 is 12.1 Å². The summed E-state index contributed by atoms with van der Waals surface area (Å²) in [4.78, 5) is 12.3. The second-order valence-corrected chi connectivity index (χ2v) is 12.7. The van der Waals surface area contributed by atoms with Crippen molar-refractivity contribution >= 4 is 5.91 Å². The van der Waals surface area contributed by atoms with Gasteiger partial charge in [0.25, 0.3) is 0 Å². The number of nitrogens with one attached hydrogen (secondary N) is 1. The molecule has 0 aromatic carbocycles. The number of unbranched alkanes of at least 4 members (excludes halogenated alkanes) is 26. The van der Waals surface area contributed by atoms with Gasteiger partial charge < -0.3 is 15.5 Å². The molecule has 244 valence electrons. The molecule has 4 heteroatoms. The van der Waals surface area contributed by atoms with Gasteiger partial charge in [0.1, 0.15) is 0 Å². The molecule has 0 saturated carbocycles. The van der Waals surface area contributed by atoms with Crippen molar-refractivity contribution < 1.29 is 15.0 Å². The van der Waals surface area contributed by atoms with Gasteiger partial charge in [-0.1, -0.05) is 187 Å². The topological polar surface area (TPSA) is 69.6 Å². The molecule has 0 aromatic heterocycles. The molecule has 0 aliphatic carbocycles. The molecular weight excluding hydrogens is 506 g/mol. The zero-order valence-corrected chi connectivity index (χ0v) is 27.8. The summed E-state index contributed by atoms with van der Waals surface area (Å²) in [5.74, 6) is -0.0630. The van der Waals surface area contributed by atoms with Gasteiger partial charge in [-0.3, -0.25) is 4.79 Å². The summed E-state index contributed by atoms with van der Waals surface area (Å²) in [5, 5.41) is 22.9. The largest absolute Gasteiger partial charge is 0.394 e. The summed E-state index contributed by atoms with van der Waals surface area (Å²) in [6.07, 6.45) is 40.0. The third-order valence-corrected chi connectivity index (χ3v) is 8.52. The van der Waals surface area contributed by atoms with Gasteiger partial charge in [0.15, 0.2) is 0 Å². The lowest BCUT2D eigenvalue weighted by molar-refractivity contribution is -0.123. The third-order valence-electron chi connectivity index (χ3n) is 8.52. The zero-order chi connectivity index (χ0) is 30.1. The lowest BCUT2D eigenvalue weighted by Crippen LogP contribution is -2.45. The van der Waals surface area contributed by atoms with Crippen LogP contribution in [0.4, 0.5) is 0 Å². The Labute approximate surface area is 256 Å². The van der Waals surface area contributed by atoms with Crippen LogP contribution < -0.4 is 5.32 Å². The average Bonchev–Trinajstić information content (AvgIpc) is 2.97. The highest BCUT2D eigenvalue weighted by Crippen LogP contribution is 2.15. The minimum atomic E-state index is -0.831. The molecule has 3 N–H and O–H groups in total. The first kappa shape index (κ1) is 40.1. The summed E-state index contributed by atoms with van der Waals surface area (Å²) < 4.78 is 0. The number of hydrogen-bond acceptors (Lipinski definition) is 3. The number of aliphatic hydroxyl groups is 2. The first-order valence-corrected chi connectivity index (χ1v) is 18.4. The van der Waals surface area contributed by atoms with Gasteiger partial charge in [0, 0.05) is 6.42 Å². The lowest BCUT2D eigenvalue weighted by atomic mass is 10.0. The van der Waals surface area contributed by atoms with Crippen LogP contribution in [0.5, 0.6) is 0 Å². The fraction of sp³-hybridized carbons (Fsp3) is 0.919. The molecule has 0 aliphatic rings. The molecule has 0 fully saturated rings. The van der Waals surface area contributed by atoms with Crippen LogP contribution in [-0.2, 0) is 4.79 Å². The van der Waals surface area contributed by atoms with Crippen LogP contribution in [0, 0.1) is 0 Å². The summed E-state index contributed by atoms with van der Waals surface area (Å²) in [7, 11) is 0. The molecule has 0 aromatic rings. The fourth-order valence-corrected chi connectivity index (χ4v) is 5.65. The number of aliphatic hydroxyl groups excluding tert-OH is 2. The predicted molar refractivity (Wildman–Crippen MR) is 179 cm³/mol. The first-order chi connectivity index (χ1) is 20.2. The summed E-state index contributed by atoms with van der Waals surface area (Å²) in [5.41, 5.74) is 0. The molecule has 1 amide bonds. The van der Waals surface area contributed by atoms with Gasteiger partial charge in [0.2, 0.25) is 5.91 Å². The van der Waals surface area contributed by atoms with Crippen LogP contribution in [-0.4, -0.2) is 34.9 Å². The monoisotopic (exact) mass is 580 g/mol. The van der Waals surface area contributed by atoms with Crippen molar-refractivity contribution in [1.82, 2.24) is 5.32 Å². The van der Waals surface area contributed by atoms with E-state index in [1.807, 2.05) is 6.08 Å². The Hall–Kier alpha value is -0.870. The van der Waals surface area contributed by atoms with Crippen molar-refractivity contribution in [2.45, 2.75) is 212 Å². The first-order valence-electron chi connectivity index (χ1n) is 18.4. The maximum absolute atomic E-state index is 12.3. The molecule has 2 atom stereocenters. The minimum Gasteiger partial charge on any atom is -0.394 e. The Morgan fingerprint density at radius 2 is 0.902 bits per heavy atom. The number of amides is 1. The fourth-order valence-electron chi connectivity index (χ4n) is 5.65. The van der Waals surface area contributed by atoms with Gasteiger partial charge in [-0.05, 0) is 19.3 Å². The average molecular weight is 580 g/mol. The van der Waals surface area contributed by atoms with Crippen LogP contribution in [0.2, 0.25) is 0 Å². The smallest absolute Gasteiger partial charge is 0.220 e. The molecular formula is C37H73NO3. The highest BCUT2D eigenvalue weighted by atomic mass is 16.3. The van der Waals surface area contributed by atoms with E-state index in [-0.39, 0.29) is 12.5 Å². The van der Waals surface area contributed by atoms with E-state index in [2.05, 4.69) is 19.2 Å². The molecule has 0 heterocycles. The number of allylic oxidation sites excluding steroid dienone is 1. The molecule has 0 rings (SSSR count). The molecule has 41 heavy (non-hydrogen) atoms. The zero-order valence-electron chi connectivity index (χ0n) is 27.8. The van der Waals surface area contributed by atoms with E-state index in [0.717, 1.165) is 25.7 Å². The molecule has 0 unspecified atom stereocenters. The van der Waals surface area contributed by atoms with E-state index in [1.54, 1.807) is 6.08 Å². The van der Waals surface area contributed by atoms with E-state index in [9.17, 15) is 15.0 Å². The van der Waals surface area contributed by atoms with Gasteiger partial charge in [0.05, 0.1) is 18.8 Å². The Bertz CT molecular complexity index is 550. The van der Waals surface area contributed by atoms with Crippen LogP contribution in [0.25, 0.3) is 0 Å². The quantitative estimate of drug-likeness (QED) is 0.0535. The van der Waals surface area contributed by atoms with E-state index in [0.29, 0.717) is 6.42 Å². The number of hydrogen-bond donors (Lipinski definition) is 3. The van der Waals surface area contributed by atoms with Crippen molar-refractivity contribution in [3.05, 3.63) is 12.2 Å². The Morgan fingerprint density at radius 1 is 0.561 bits per heavy atom. The van der Waals surface area contributed by atoms with Gasteiger partial charge in [-0.2, -0.15) is 0 Å². The van der Waals surface area contributed by atoms with Crippen molar-refractivity contribution in [1.29, 1.82) is 0 Å². The number of carbonyl (C=O) groups is 1. The van der Waals surface area contributed by atoms with Crippen LogP contribution in [0.15, 0.2) is 12.2 Å². The molecule has 0 spiro atoms. The minimum absolute atomic E-state index is 0.0630. The van der Waals surface area contributed by atoms with Gasteiger partial charge in [-0.15, -0.1) is 0 Å². The third kappa shape index (κ3) is 30.4. The van der Waals surface area contributed by atoms with E-state index in [4.69, 9.17) is 0 Å². The van der Waals surface area contributed by atoms with Gasteiger partial charge >= 0.3 is 0 Å². The number of carbonyl (C=O) groups excluding carboxylic acids is 1. The molecule has 0 radical (unpaired) electrons. The maximum atomic E-state index is 12.3. The second kappa shape index (κ2) is 33.6. The Balaban J connectivity index is 3.60. The van der Waals surface area contributed by atoms with Crippen molar-refractivity contribution in [3.63, 3.8) is 0 Å². The summed E-state index contributed by atoms with van der Waals surface area (Å²) in [6, 6.07) is -0.614. The van der Waals surface area contributed by atoms with Crippen LogP contribution in [0.3, 0.4) is 0 Å². The van der Waals surface area contributed by atoms with E-state index >= 15 is 0 Å². The second-order valence-electron chi connectivity index (χ2n) is 12.7. The Morgan fingerprint density at radius 3 is 1.27 bits per heavy atom. The highest BCUT2D eigenvalue weighted by Gasteiger charge is 2.17. The predicted octanol–water partition coefficient (Wildman–Crippen LogP) is 10.7. The Kier molecular flexibility index (Phi) is 32.9. The highest BCUT2D eigenvalue weighted by molar-refractivity contribution is 5.76. The summed E-state index contributed by atoms with van der Waals surface area (Å²) >= 11 is 0. The molecule has 0 bridgehead atoms. The molecule has 4 nitrogen and oxygen atoms in total. The molecule has 0 aliphatic heterocycles. The van der Waals surface area contributed by atoms with Crippen molar-refractivity contribution in [3.8, 4) is 0 Å². The maximum Gasteiger partial charge on any atom is 0.220 e. The van der Waals surface area contributed by atoms with Crippen molar-refractivity contribution in [2.75, 3.05) is 6.61 Å². The molecule has 0 saturated heterocycles. The van der Waals surface area contributed by atoms with Crippen LogP contribution in [0.1, 0.15) is 200 Å². The SMILES string of the molecule is CCCCCCCCCCCCCCC/C=C/[C@@H](O)[C@H](CO)NC(=O)CCCCCCCCCCCCCCCC. The number of rotatable bonds is 33. The van der Waals surface area contributed by atoms with Crippen molar-refractivity contribution in [2.24, 2.45) is 0 Å². The van der Waals surface area contributed by atoms with Crippen LogP contribution >= 0.6 is 0 Å².